The van der Waals surface area contributed by atoms with E-state index < -0.39 is 0 Å². The summed E-state index contributed by atoms with van der Waals surface area (Å²) in [6, 6.07) is 4.37. The number of hydrogen-bond donors (Lipinski definition) is 2. The predicted octanol–water partition coefficient (Wildman–Crippen LogP) is 1.84. The number of hydrogen-bond acceptors (Lipinski definition) is 3. The number of nitrogens with zero attached hydrogens (tertiary/aromatic N) is 3. The van der Waals surface area contributed by atoms with Gasteiger partial charge >= 0.3 is 0 Å². The fourth-order valence-corrected chi connectivity index (χ4v) is 1.62. The van der Waals surface area contributed by atoms with Crippen LogP contribution >= 0.6 is 24.0 Å². The predicted molar refractivity (Wildman–Crippen MR) is 92.4 cm³/mol. The molecule has 0 unspecified atom stereocenters. The Bertz CT molecular complexity index is 404. The first-order valence-electron chi connectivity index (χ1n) is 6.13. The van der Waals surface area contributed by atoms with Gasteiger partial charge in [0.05, 0.1) is 0 Å². The first-order chi connectivity index (χ1) is 8.54. The molecule has 1 aromatic heterocycles. The highest BCUT2D eigenvalue weighted by Gasteiger charge is 2.06. The summed E-state index contributed by atoms with van der Waals surface area (Å²) in [6.07, 6.45) is 1.81. The summed E-state index contributed by atoms with van der Waals surface area (Å²) >= 11 is 0. The topological polar surface area (TPSA) is 52.6 Å². The van der Waals surface area contributed by atoms with E-state index in [0.29, 0.717) is 12.6 Å². The van der Waals surface area contributed by atoms with Crippen molar-refractivity contribution in [1.82, 2.24) is 15.6 Å². The van der Waals surface area contributed by atoms with Crippen molar-refractivity contribution in [3.63, 3.8) is 0 Å². The Kier molecular flexibility index (Phi) is 8.46. The minimum atomic E-state index is 0. The van der Waals surface area contributed by atoms with Gasteiger partial charge in [-0.2, -0.15) is 0 Å². The molecule has 0 saturated carbocycles. The van der Waals surface area contributed by atoms with Crippen molar-refractivity contribution < 1.29 is 0 Å². The van der Waals surface area contributed by atoms with Gasteiger partial charge in [0.25, 0.3) is 0 Å². The van der Waals surface area contributed by atoms with E-state index in [9.17, 15) is 0 Å². The lowest BCUT2D eigenvalue weighted by atomic mass is 10.2. The Morgan fingerprint density at radius 1 is 1.42 bits per heavy atom. The summed E-state index contributed by atoms with van der Waals surface area (Å²) in [5.74, 6) is 1.78. The molecule has 19 heavy (non-hydrogen) atoms. The zero-order valence-electron chi connectivity index (χ0n) is 12.3. The third-order valence-electron chi connectivity index (χ3n) is 2.39. The van der Waals surface area contributed by atoms with E-state index in [2.05, 4.69) is 40.5 Å². The average molecular weight is 377 g/mol. The highest BCUT2D eigenvalue weighted by atomic mass is 127. The van der Waals surface area contributed by atoms with E-state index in [4.69, 9.17) is 0 Å². The fourth-order valence-electron chi connectivity index (χ4n) is 1.62. The Balaban J connectivity index is 0.00000324. The number of aromatic nitrogens is 1. The normalized spacial score (nSPS) is 10.9. The van der Waals surface area contributed by atoms with Gasteiger partial charge in [0.1, 0.15) is 5.82 Å². The summed E-state index contributed by atoms with van der Waals surface area (Å²) in [5, 5.41) is 6.54. The van der Waals surface area contributed by atoms with Crippen LogP contribution in [0.3, 0.4) is 0 Å². The number of anilines is 1. The summed E-state index contributed by atoms with van der Waals surface area (Å²) < 4.78 is 0. The molecule has 0 amide bonds. The van der Waals surface area contributed by atoms with Gasteiger partial charge in [-0.25, -0.2) is 4.98 Å². The summed E-state index contributed by atoms with van der Waals surface area (Å²) in [4.78, 5) is 10.6. The maximum absolute atomic E-state index is 4.37. The molecule has 1 aromatic rings. The van der Waals surface area contributed by atoms with Crippen LogP contribution < -0.4 is 15.5 Å². The molecular weight excluding hydrogens is 353 g/mol. The quantitative estimate of drug-likeness (QED) is 0.478. The number of rotatable bonds is 4. The number of guanidine groups is 1. The first-order valence-corrected chi connectivity index (χ1v) is 6.13. The lowest BCUT2D eigenvalue weighted by Gasteiger charge is -2.18. The molecule has 5 nitrogen and oxygen atoms in total. The molecule has 0 aliphatic rings. The number of pyridine rings is 1. The molecule has 0 aliphatic heterocycles. The highest BCUT2D eigenvalue weighted by Crippen LogP contribution is 2.13. The lowest BCUT2D eigenvalue weighted by Crippen LogP contribution is -2.40. The standard InChI is InChI=1S/C13H23N5.HI/c1-10(2)17-13(14-3)16-9-11-7-6-8-15-12(11)18(4)5;/h6-8,10H,9H2,1-5H3,(H2,14,16,17);1H. The largest absolute Gasteiger partial charge is 0.362 e. The zero-order chi connectivity index (χ0) is 13.5. The van der Waals surface area contributed by atoms with E-state index in [1.165, 1.54) is 0 Å². The number of halogens is 1. The minimum absolute atomic E-state index is 0. The van der Waals surface area contributed by atoms with E-state index in [1.54, 1.807) is 13.2 Å². The van der Waals surface area contributed by atoms with Crippen LogP contribution in [0.25, 0.3) is 0 Å². The van der Waals surface area contributed by atoms with Crippen LogP contribution in [0.5, 0.6) is 0 Å². The average Bonchev–Trinajstić information content (AvgIpc) is 2.34. The molecule has 0 atom stereocenters. The minimum Gasteiger partial charge on any atom is -0.362 e. The molecule has 0 saturated heterocycles. The fraction of sp³-hybridized carbons (Fsp3) is 0.538. The Hall–Kier alpha value is -1.05. The van der Waals surface area contributed by atoms with Crippen molar-refractivity contribution in [2.24, 2.45) is 4.99 Å². The summed E-state index contributed by atoms with van der Waals surface area (Å²) in [6.45, 7) is 4.87. The third kappa shape index (κ3) is 6.09. The van der Waals surface area contributed by atoms with Crippen LogP contribution in [0.15, 0.2) is 23.3 Å². The second kappa shape index (κ2) is 8.95. The smallest absolute Gasteiger partial charge is 0.191 e. The van der Waals surface area contributed by atoms with Gasteiger partial charge in [0, 0.05) is 45.5 Å². The maximum atomic E-state index is 4.37. The molecule has 6 heteroatoms. The molecule has 0 aromatic carbocycles. The molecule has 1 heterocycles. The van der Waals surface area contributed by atoms with Crippen molar-refractivity contribution >= 4 is 35.8 Å². The van der Waals surface area contributed by atoms with Crippen LogP contribution in [0.4, 0.5) is 5.82 Å². The van der Waals surface area contributed by atoms with Crippen molar-refractivity contribution in [3.05, 3.63) is 23.9 Å². The van der Waals surface area contributed by atoms with Gasteiger partial charge in [-0.3, -0.25) is 4.99 Å². The molecule has 1 rings (SSSR count). The first kappa shape index (κ1) is 17.9. The van der Waals surface area contributed by atoms with Crippen LogP contribution in [-0.4, -0.2) is 38.1 Å². The summed E-state index contributed by atoms with van der Waals surface area (Å²) in [5.41, 5.74) is 1.15. The van der Waals surface area contributed by atoms with Crippen molar-refractivity contribution in [3.8, 4) is 0 Å². The van der Waals surface area contributed by atoms with Crippen LogP contribution in [0, 0.1) is 0 Å². The molecule has 0 fully saturated rings. The van der Waals surface area contributed by atoms with E-state index >= 15 is 0 Å². The monoisotopic (exact) mass is 377 g/mol. The maximum Gasteiger partial charge on any atom is 0.191 e. The Morgan fingerprint density at radius 3 is 2.63 bits per heavy atom. The van der Waals surface area contributed by atoms with Gasteiger partial charge in [0.15, 0.2) is 5.96 Å². The second-order valence-corrected chi connectivity index (χ2v) is 4.61. The van der Waals surface area contributed by atoms with Gasteiger partial charge < -0.3 is 15.5 Å². The number of nitrogens with one attached hydrogen (secondary N) is 2. The van der Waals surface area contributed by atoms with Crippen molar-refractivity contribution in [1.29, 1.82) is 0 Å². The van der Waals surface area contributed by atoms with Crippen LogP contribution in [-0.2, 0) is 6.54 Å². The molecule has 0 radical (unpaired) electrons. The van der Waals surface area contributed by atoms with Gasteiger partial charge in [-0.05, 0) is 19.9 Å². The van der Waals surface area contributed by atoms with Crippen LogP contribution in [0.2, 0.25) is 0 Å². The summed E-state index contributed by atoms with van der Waals surface area (Å²) in [7, 11) is 5.76. The molecule has 0 aliphatic carbocycles. The third-order valence-corrected chi connectivity index (χ3v) is 2.39. The van der Waals surface area contributed by atoms with Gasteiger partial charge in [-0.15, -0.1) is 24.0 Å². The SMILES string of the molecule is CN=C(NCc1cccnc1N(C)C)NC(C)C.I. The molecule has 108 valence electrons. The van der Waals surface area contributed by atoms with E-state index in [-0.39, 0.29) is 24.0 Å². The van der Waals surface area contributed by atoms with Crippen LogP contribution in [0.1, 0.15) is 19.4 Å². The number of aliphatic imine (C=N–C) groups is 1. The van der Waals surface area contributed by atoms with Crippen molar-refractivity contribution in [2.45, 2.75) is 26.4 Å². The molecule has 0 bridgehead atoms. The van der Waals surface area contributed by atoms with Crippen molar-refractivity contribution in [2.75, 3.05) is 26.0 Å². The Morgan fingerprint density at radius 2 is 2.11 bits per heavy atom. The molecular formula is C13H24IN5. The van der Waals surface area contributed by atoms with Gasteiger partial charge in [-0.1, -0.05) is 6.07 Å². The molecule has 0 spiro atoms. The second-order valence-electron chi connectivity index (χ2n) is 4.61. The van der Waals surface area contributed by atoms with Gasteiger partial charge in [0.2, 0.25) is 0 Å². The Labute approximate surface area is 132 Å². The van der Waals surface area contributed by atoms with E-state index in [1.807, 2.05) is 25.1 Å². The molecule has 2 N–H and O–H groups in total. The zero-order valence-corrected chi connectivity index (χ0v) is 14.6. The van der Waals surface area contributed by atoms with E-state index in [0.717, 1.165) is 17.3 Å². The highest BCUT2D eigenvalue weighted by molar-refractivity contribution is 14.0. The lowest BCUT2D eigenvalue weighted by molar-refractivity contribution is 0.699.